The SMILES string of the molecule is O=C(O[C@@H]1[C@H](O)[C@@H](CO)O[C@H]1O)c1ccccc1. The highest BCUT2D eigenvalue weighted by Gasteiger charge is 2.45. The standard InChI is InChI=1S/C12H14O6/c13-6-8-9(14)10(12(16)17-8)18-11(15)7-4-2-1-3-5-7/h1-5,8-10,12-14,16H,6H2/t8-,9-,10-,12-/m1/s1. The van der Waals surface area contributed by atoms with Crippen molar-refractivity contribution in [2.75, 3.05) is 6.61 Å². The molecule has 2 rings (SSSR count). The molecule has 0 amide bonds. The molecule has 0 unspecified atom stereocenters. The van der Waals surface area contributed by atoms with E-state index in [1.165, 1.54) is 0 Å². The first-order valence-corrected chi connectivity index (χ1v) is 5.52. The highest BCUT2D eigenvalue weighted by Crippen LogP contribution is 2.23. The Bertz CT molecular complexity index is 406. The quantitative estimate of drug-likeness (QED) is 0.616. The Morgan fingerprint density at radius 1 is 1.28 bits per heavy atom. The Morgan fingerprint density at radius 3 is 2.50 bits per heavy atom. The number of hydrogen-bond acceptors (Lipinski definition) is 6. The molecule has 1 aliphatic rings. The molecule has 0 radical (unpaired) electrons. The summed E-state index contributed by atoms with van der Waals surface area (Å²) in [6, 6.07) is 8.21. The van der Waals surface area contributed by atoms with Crippen LogP contribution in [0.1, 0.15) is 10.4 Å². The maximum atomic E-state index is 11.7. The van der Waals surface area contributed by atoms with Crippen LogP contribution < -0.4 is 0 Å². The Hall–Kier alpha value is -1.47. The molecule has 4 atom stereocenters. The highest BCUT2D eigenvalue weighted by molar-refractivity contribution is 5.89. The average molecular weight is 254 g/mol. The van der Waals surface area contributed by atoms with E-state index in [1.54, 1.807) is 30.3 Å². The minimum Gasteiger partial charge on any atom is -0.450 e. The van der Waals surface area contributed by atoms with Gasteiger partial charge in [-0.05, 0) is 12.1 Å². The van der Waals surface area contributed by atoms with E-state index < -0.39 is 37.2 Å². The van der Waals surface area contributed by atoms with Crippen LogP contribution in [0.5, 0.6) is 0 Å². The van der Waals surface area contributed by atoms with E-state index in [1.807, 2.05) is 0 Å². The summed E-state index contributed by atoms with van der Waals surface area (Å²) in [7, 11) is 0. The van der Waals surface area contributed by atoms with Gasteiger partial charge in [-0.15, -0.1) is 0 Å². The smallest absolute Gasteiger partial charge is 0.338 e. The van der Waals surface area contributed by atoms with Crippen LogP contribution >= 0.6 is 0 Å². The summed E-state index contributed by atoms with van der Waals surface area (Å²) in [5.74, 6) is -0.666. The number of carbonyl (C=O) groups excluding carboxylic acids is 1. The number of rotatable bonds is 3. The van der Waals surface area contributed by atoms with E-state index in [0.717, 1.165) is 0 Å². The fraction of sp³-hybridized carbons (Fsp3) is 0.417. The van der Waals surface area contributed by atoms with Gasteiger partial charge in [0.15, 0.2) is 12.4 Å². The molecule has 1 aliphatic heterocycles. The first-order chi connectivity index (χ1) is 8.63. The van der Waals surface area contributed by atoms with Crippen LogP contribution in [-0.2, 0) is 9.47 Å². The molecule has 1 fully saturated rings. The molecule has 0 saturated carbocycles. The van der Waals surface area contributed by atoms with Crippen molar-refractivity contribution >= 4 is 5.97 Å². The summed E-state index contributed by atoms with van der Waals surface area (Å²) in [4.78, 5) is 11.7. The van der Waals surface area contributed by atoms with Gasteiger partial charge < -0.3 is 24.8 Å². The zero-order chi connectivity index (χ0) is 13.1. The van der Waals surface area contributed by atoms with Crippen molar-refractivity contribution in [1.82, 2.24) is 0 Å². The van der Waals surface area contributed by atoms with Gasteiger partial charge in [-0.3, -0.25) is 0 Å². The molecule has 0 bridgehead atoms. The lowest BCUT2D eigenvalue weighted by atomic mass is 10.1. The number of esters is 1. The third-order valence-electron chi connectivity index (χ3n) is 2.75. The van der Waals surface area contributed by atoms with Crippen LogP contribution in [0, 0.1) is 0 Å². The van der Waals surface area contributed by atoms with Crippen molar-refractivity contribution in [2.24, 2.45) is 0 Å². The maximum absolute atomic E-state index is 11.7. The molecule has 1 saturated heterocycles. The van der Waals surface area contributed by atoms with Crippen LogP contribution in [0.15, 0.2) is 30.3 Å². The lowest BCUT2D eigenvalue weighted by Gasteiger charge is -2.17. The molecule has 6 nitrogen and oxygen atoms in total. The molecular formula is C12H14O6. The van der Waals surface area contributed by atoms with E-state index in [2.05, 4.69) is 0 Å². The van der Waals surface area contributed by atoms with Gasteiger partial charge in [-0.1, -0.05) is 18.2 Å². The Balaban J connectivity index is 2.04. The molecule has 6 heteroatoms. The van der Waals surface area contributed by atoms with Gasteiger partial charge in [0.25, 0.3) is 0 Å². The number of hydrogen-bond donors (Lipinski definition) is 3. The normalized spacial score (nSPS) is 31.3. The number of aliphatic hydroxyl groups excluding tert-OH is 3. The molecular weight excluding hydrogens is 240 g/mol. The second-order valence-electron chi connectivity index (χ2n) is 3.97. The Morgan fingerprint density at radius 2 is 1.94 bits per heavy atom. The summed E-state index contributed by atoms with van der Waals surface area (Å²) in [6.45, 7) is -0.461. The van der Waals surface area contributed by atoms with Crippen LogP contribution in [-0.4, -0.2) is 52.5 Å². The van der Waals surface area contributed by atoms with E-state index in [4.69, 9.17) is 14.6 Å². The van der Waals surface area contributed by atoms with Gasteiger partial charge in [0.05, 0.1) is 12.2 Å². The number of ether oxygens (including phenoxy) is 2. The largest absolute Gasteiger partial charge is 0.450 e. The summed E-state index contributed by atoms with van der Waals surface area (Å²) < 4.78 is 9.83. The molecule has 98 valence electrons. The van der Waals surface area contributed by atoms with Crippen LogP contribution in [0.3, 0.4) is 0 Å². The third kappa shape index (κ3) is 2.51. The van der Waals surface area contributed by atoms with Crippen molar-refractivity contribution in [1.29, 1.82) is 0 Å². The van der Waals surface area contributed by atoms with E-state index in [9.17, 15) is 15.0 Å². The van der Waals surface area contributed by atoms with Gasteiger partial charge in [-0.25, -0.2) is 4.79 Å². The minimum atomic E-state index is -1.44. The first kappa shape index (κ1) is 13.0. The number of aliphatic hydroxyl groups is 3. The molecule has 18 heavy (non-hydrogen) atoms. The highest BCUT2D eigenvalue weighted by atomic mass is 16.7. The van der Waals surface area contributed by atoms with Crippen molar-refractivity contribution in [2.45, 2.75) is 24.6 Å². The first-order valence-electron chi connectivity index (χ1n) is 5.52. The lowest BCUT2D eigenvalue weighted by molar-refractivity contribution is -0.135. The molecule has 1 aromatic carbocycles. The van der Waals surface area contributed by atoms with E-state index in [-0.39, 0.29) is 0 Å². The zero-order valence-corrected chi connectivity index (χ0v) is 9.47. The second-order valence-corrected chi connectivity index (χ2v) is 3.97. The van der Waals surface area contributed by atoms with Crippen molar-refractivity contribution < 1.29 is 29.6 Å². The molecule has 1 aromatic rings. The van der Waals surface area contributed by atoms with Crippen molar-refractivity contribution in [3.63, 3.8) is 0 Å². The zero-order valence-electron chi connectivity index (χ0n) is 9.47. The molecule has 0 spiro atoms. The second kappa shape index (κ2) is 5.45. The Kier molecular flexibility index (Phi) is 3.93. The summed E-state index contributed by atoms with van der Waals surface area (Å²) >= 11 is 0. The average Bonchev–Trinajstić information content (AvgIpc) is 2.67. The topological polar surface area (TPSA) is 96.2 Å². The maximum Gasteiger partial charge on any atom is 0.338 e. The van der Waals surface area contributed by atoms with Crippen molar-refractivity contribution in [3.05, 3.63) is 35.9 Å². The summed E-state index contributed by atoms with van der Waals surface area (Å²) in [6.07, 6.45) is -4.84. The van der Waals surface area contributed by atoms with Gasteiger partial charge in [0.1, 0.15) is 12.2 Å². The van der Waals surface area contributed by atoms with Gasteiger partial charge >= 0.3 is 5.97 Å². The lowest BCUT2D eigenvalue weighted by Crippen LogP contribution is -2.37. The predicted molar refractivity (Wildman–Crippen MR) is 59.6 cm³/mol. The predicted octanol–water partition coefficient (Wildman–Crippen LogP) is -0.718. The van der Waals surface area contributed by atoms with Crippen LogP contribution in [0.25, 0.3) is 0 Å². The number of carbonyl (C=O) groups is 1. The molecule has 0 aliphatic carbocycles. The minimum absolute atomic E-state index is 0.310. The third-order valence-corrected chi connectivity index (χ3v) is 2.75. The Labute approximate surface area is 103 Å². The van der Waals surface area contributed by atoms with E-state index >= 15 is 0 Å². The molecule has 3 N–H and O–H groups in total. The fourth-order valence-corrected chi connectivity index (χ4v) is 1.76. The van der Waals surface area contributed by atoms with Crippen molar-refractivity contribution in [3.8, 4) is 0 Å². The van der Waals surface area contributed by atoms with E-state index in [0.29, 0.717) is 5.56 Å². The molecule has 1 heterocycles. The fourth-order valence-electron chi connectivity index (χ4n) is 1.76. The summed E-state index contributed by atoms with van der Waals surface area (Å²) in [5.41, 5.74) is 0.310. The van der Waals surface area contributed by atoms with Crippen LogP contribution in [0.2, 0.25) is 0 Å². The van der Waals surface area contributed by atoms with Crippen LogP contribution in [0.4, 0.5) is 0 Å². The van der Waals surface area contributed by atoms with Gasteiger partial charge in [-0.2, -0.15) is 0 Å². The van der Waals surface area contributed by atoms with Gasteiger partial charge in [0.2, 0.25) is 0 Å². The van der Waals surface area contributed by atoms with Gasteiger partial charge in [0, 0.05) is 0 Å². The molecule has 0 aromatic heterocycles. The monoisotopic (exact) mass is 254 g/mol. The summed E-state index contributed by atoms with van der Waals surface area (Å²) in [5, 5.41) is 28.1. The number of benzene rings is 1.